The summed E-state index contributed by atoms with van der Waals surface area (Å²) in [5.41, 5.74) is 0.851. The molecule has 22 heavy (non-hydrogen) atoms. The van der Waals surface area contributed by atoms with Crippen molar-refractivity contribution in [2.24, 2.45) is 5.41 Å². The van der Waals surface area contributed by atoms with Crippen LogP contribution in [0.4, 0.5) is 0 Å². The summed E-state index contributed by atoms with van der Waals surface area (Å²) in [6.45, 7) is 3.33. The second-order valence-electron chi connectivity index (χ2n) is 7.90. The van der Waals surface area contributed by atoms with Crippen LogP contribution in [0.2, 0.25) is 0 Å². The molecule has 0 saturated heterocycles. The van der Waals surface area contributed by atoms with Crippen molar-refractivity contribution in [1.82, 2.24) is 14.8 Å². The molecule has 3 fully saturated rings. The molecule has 3 nitrogen and oxygen atoms in total. The third kappa shape index (κ3) is 2.24. The molecule has 2 bridgehead atoms. The van der Waals surface area contributed by atoms with Crippen molar-refractivity contribution in [3.63, 3.8) is 0 Å². The molecular weight excluding hydrogens is 270 g/mol. The third-order valence-electron chi connectivity index (χ3n) is 6.66. The van der Waals surface area contributed by atoms with Gasteiger partial charge in [-0.05, 0) is 63.7 Å². The fraction of sp³-hybridized carbons (Fsp3) is 0.789. The monoisotopic (exact) mass is 299 g/mol. The van der Waals surface area contributed by atoms with Gasteiger partial charge in [-0.1, -0.05) is 25.0 Å². The number of hydrogen-bond acceptors (Lipinski definition) is 2. The largest absolute Gasteiger partial charge is 0.315 e. The Hall–Kier alpha value is -1.12. The van der Waals surface area contributed by atoms with Crippen LogP contribution in [0.1, 0.15) is 82.8 Å². The number of allylic oxidation sites excluding steroid dienone is 2. The second-order valence-corrected chi connectivity index (χ2v) is 7.90. The standard InChI is InChI=1S/C19H29N3/c1-2-8-18-9-12-19(13-10-18,14-11-18)17-21-20-16-7-5-3-4-6-15-22(16)17/h2,8H,3-7,9-15H2,1H3/b8-2-. The van der Waals surface area contributed by atoms with E-state index in [0.717, 1.165) is 13.0 Å². The zero-order valence-electron chi connectivity index (χ0n) is 14.0. The fourth-order valence-electron chi connectivity index (χ4n) is 5.21. The Bertz CT molecular complexity index is 545. The minimum Gasteiger partial charge on any atom is -0.315 e. The highest BCUT2D eigenvalue weighted by molar-refractivity contribution is 5.20. The average molecular weight is 299 g/mol. The van der Waals surface area contributed by atoms with Gasteiger partial charge in [0.25, 0.3) is 0 Å². The minimum absolute atomic E-state index is 0.341. The Morgan fingerprint density at radius 1 is 0.909 bits per heavy atom. The van der Waals surface area contributed by atoms with E-state index in [2.05, 4.69) is 28.7 Å². The first-order chi connectivity index (χ1) is 10.8. The lowest BCUT2D eigenvalue weighted by molar-refractivity contribution is 0.0702. The molecule has 0 atom stereocenters. The lowest BCUT2D eigenvalue weighted by Crippen LogP contribution is -2.45. The number of aromatic nitrogens is 3. The van der Waals surface area contributed by atoms with Crippen LogP contribution in [0, 0.1) is 5.41 Å². The van der Waals surface area contributed by atoms with Crippen molar-refractivity contribution in [2.75, 3.05) is 0 Å². The van der Waals surface area contributed by atoms with Crippen LogP contribution < -0.4 is 0 Å². The molecular formula is C19H29N3. The first-order valence-electron chi connectivity index (χ1n) is 9.33. The molecule has 4 aliphatic rings. The van der Waals surface area contributed by atoms with Gasteiger partial charge in [-0.2, -0.15) is 0 Å². The molecule has 3 aliphatic carbocycles. The normalized spacial score (nSPS) is 35.3. The highest BCUT2D eigenvalue weighted by Crippen LogP contribution is 2.58. The highest BCUT2D eigenvalue weighted by atomic mass is 15.3. The fourth-order valence-corrected chi connectivity index (χ4v) is 5.21. The van der Waals surface area contributed by atoms with E-state index in [-0.39, 0.29) is 0 Å². The Morgan fingerprint density at radius 3 is 2.36 bits per heavy atom. The van der Waals surface area contributed by atoms with E-state index in [9.17, 15) is 0 Å². The van der Waals surface area contributed by atoms with Crippen molar-refractivity contribution in [3.8, 4) is 0 Å². The maximum atomic E-state index is 4.74. The van der Waals surface area contributed by atoms with Crippen LogP contribution >= 0.6 is 0 Å². The van der Waals surface area contributed by atoms with E-state index >= 15 is 0 Å². The molecule has 3 heteroatoms. The van der Waals surface area contributed by atoms with Gasteiger partial charge in [0, 0.05) is 18.4 Å². The molecule has 120 valence electrons. The number of aryl methyl sites for hydroxylation is 1. The minimum atomic E-state index is 0.341. The molecule has 1 aliphatic heterocycles. The van der Waals surface area contributed by atoms with Crippen LogP contribution in [-0.4, -0.2) is 14.8 Å². The molecule has 0 spiro atoms. The van der Waals surface area contributed by atoms with Crippen molar-refractivity contribution in [2.45, 2.75) is 89.5 Å². The van der Waals surface area contributed by atoms with Gasteiger partial charge in [0.1, 0.15) is 11.6 Å². The van der Waals surface area contributed by atoms with E-state index in [1.165, 1.54) is 75.9 Å². The SMILES string of the molecule is C/C=C\C12CCC(c3nnc4n3CCCCCC4)(CC1)CC2. The predicted octanol–water partition coefficient (Wildman–Crippen LogP) is 4.56. The van der Waals surface area contributed by atoms with Crippen LogP contribution in [0.5, 0.6) is 0 Å². The summed E-state index contributed by atoms with van der Waals surface area (Å²) in [5.74, 6) is 2.61. The van der Waals surface area contributed by atoms with Gasteiger partial charge >= 0.3 is 0 Å². The van der Waals surface area contributed by atoms with Gasteiger partial charge in [0.2, 0.25) is 0 Å². The maximum absolute atomic E-state index is 4.74. The second kappa shape index (κ2) is 5.50. The molecule has 1 aromatic rings. The quantitative estimate of drug-likeness (QED) is 0.749. The maximum Gasteiger partial charge on any atom is 0.139 e. The summed E-state index contributed by atoms with van der Waals surface area (Å²) in [6.07, 6.45) is 19.2. The molecule has 2 heterocycles. The summed E-state index contributed by atoms with van der Waals surface area (Å²) < 4.78 is 2.52. The number of fused-ring (bicyclic) bond motifs is 4. The van der Waals surface area contributed by atoms with Crippen LogP contribution in [0.25, 0.3) is 0 Å². The lowest BCUT2D eigenvalue weighted by Gasteiger charge is -2.52. The number of hydrogen-bond donors (Lipinski definition) is 0. The van der Waals surface area contributed by atoms with E-state index in [1.807, 2.05) is 0 Å². The van der Waals surface area contributed by atoms with Gasteiger partial charge in [0.05, 0.1) is 0 Å². The van der Waals surface area contributed by atoms with Gasteiger partial charge in [-0.25, -0.2) is 0 Å². The Kier molecular flexibility index (Phi) is 3.62. The highest BCUT2D eigenvalue weighted by Gasteiger charge is 2.50. The van der Waals surface area contributed by atoms with Gasteiger partial charge < -0.3 is 4.57 Å². The molecule has 3 saturated carbocycles. The molecule has 0 radical (unpaired) electrons. The van der Waals surface area contributed by atoms with E-state index in [0.29, 0.717) is 10.8 Å². The smallest absolute Gasteiger partial charge is 0.139 e. The van der Waals surface area contributed by atoms with Crippen LogP contribution in [-0.2, 0) is 18.4 Å². The Morgan fingerprint density at radius 2 is 1.64 bits per heavy atom. The molecule has 5 rings (SSSR count). The first-order valence-corrected chi connectivity index (χ1v) is 9.33. The molecule has 0 aromatic carbocycles. The van der Waals surface area contributed by atoms with E-state index in [4.69, 9.17) is 5.10 Å². The van der Waals surface area contributed by atoms with E-state index in [1.54, 1.807) is 0 Å². The summed E-state index contributed by atoms with van der Waals surface area (Å²) in [7, 11) is 0. The lowest BCUT2D eigenvalue weighted by atomic mass is 9.53. The zero-order valence-corrected chi connectivity index (χ0v) is 14.0. The summed E-state index contributed by atoms with van der Waals surface area (Å²) >= 11 is 0. The topological polar surface area (TPSA) is 30.7 Å². The summed E-state index contributed by atoms with van der Waals surface area (Å²) in [4.78, 5) is 0. The summed E-state index contributed by atoms with van der Waals surface area (Å²) in [5, 5.41) is 9.33. The van der Waals surface area contributed by atoms with Crippen LogP contribution in [0.3, 0.4) is 0 Å². The number of rotatable bonds is 2. The molecule has 0 N–H and O–H groups in total. The number of nitrogens with zero attached hydrogens (tertiary/aromatic N) is 3. The predicted molar refractivity (Wildman–Crippen MR) is 88.8 cm³/mol. The third-order valence-corrected chi connectivity index (χ3v) is 6.66. The van der Waals surface area contributed by atoms with Crippen molar-refractivity contribution < 1.29 is 0 Å². The average Bonchev–Trinajstić information content (AvgIpc) is 2.92. The summed E-state index contributed by atoms with van der Waals surface area (Å²) in [6, 6.07) is 0. The van der Waals surface area contributed by atoms with Gasteiger partial charge in [0.15, 0.2) is 0 Å². The van der Waals surface area contributed by atoms with Crippen molar-refractivity contribution >= 4 is 0 Å². The van der Waals surface area contributed by atoms with E-state index < -0.39 is 0 Å². The molecule has 1 aromatic heterocycles. The van der Waals surface area contributed by atoms with Crippen molar-refractivity contribution in [1.29, 1.82) is 0 Å². The molecule has 0 amide bonds. The Labute approximate surface area is 134 Å². The zero-order chi connectivity index (χ0) is 15.0. The van der Waals surface area contributed by atoms with Gasteiger partial charge in [-0.15, -0.1) is 10.2 Å². The van der Waals surface area contributed by atoms with Crippen molar-refractivity contribution in [3.05, 3.63) is 23.8 Å². The molecule has 0 unspecified atom stereocenters. The van der Waals surface area contributed by atoms with Crippen LogP contribution in [0.15, 0.2) is 12.2 Å². The van der Waals surface area contributed by atoms with Gasteiger partial charge in [-0.3, -0.25) is 0 Å². The first kappa shape index (κ1) is 14.5. The Balaban J connectivity index is 1.63.